The first-order chi connectivity index (χ1) is 18.5. The molecule has 0 unspecified atom stereocenters. The van der Waals surface area contributed by atoms with Crippen molar-refractivity contribution in [2.45, 2.75) is 6.92 Å². The lowest BCUT2D eigenvalue weighted by molar-refractivity contribution is -0.118. The van der Waals surface area contributed by atoms with Gasteiger partial charge in [-0.25, -0.2) is 9.97 Å². The van der Waals surface area contributed by atoms with E-state index in [0.29, 0.717) is 73.2 Å². The Morgan fingerprint density at radius 2 is 1.74 bits per heavy atom. The molecule has 5 rings (SSSR count). The minimum absolute atomic E-state index is 0.0899. The third-order valence-corrected chi connectivity index (χ3v) is 6.47. The van der Waals surface area contributed by atoms with E-state index >= 15 is 0 Å². The van der Waals surface area contributed by atoms with Crippen LogP contribution in [0.5, 0.6) is 0 Å². The van der Waals surface area contributed by atoms with Gasteiger partial charge in [0.1, 0.15) is 17.2 Å². The lowest BCUT2D eigenvalue weighted by Crippen LogP contribution is -2.48. The molecule has 10 heteroatoms. The number of nitrogens with zero attached hydrogens (tertiary/aromatic N) is 5. The number of fused-ring (bicyclic) bond motifs is 1. The van der Waals surface area contributed by atoms with Gasteiger partial charge in [0.15, 0.2) is 5.82 Å². The summed E-state index contributed by atoms with van der Waals surface area (Å²) < 4.78 is 0. The zero-order valence-corrected chi connectivity index (χ0v) is 21.1. The van der Waals surface area contributed by atoms with Crippen LogP contribution in [0, 0.1) is 11.3 Å². The predicted molar refractivity (Wildman–Crippen MR) is 146 cm³/mol. The summed E-state index contributed by atoms with van der Waals surface area (Å²) in [5.74, 6) is 0.948. The molecule has 10 nitrogen and oxygen atoms in total. The molecule has 4 aromatic rings. The first kappa shape index (κ1) is 24.8. The molecule has 0 atom stereocenters. The van der Waals surface area contributed by atoms with E-state index < -0.39 is 0 Å². The van der Waals surface area contributed by atoms with Crippen molar-refractivity contribution in [3.63, 3.8) is 0 Å². The molecule has 2 aromatic carbocycles. The Balaban J connectivity index is 1.35. The second-order valence-corrected chi connectivity index (χ2v) is 9.05. The fraction of sp³-hybridized carbons (Fsp3) is 0.250. The van der Waals surface area contributed by atoms with E-state index in [0.717, 1.165) is 11.3 Å². The third kappa shape index (κ3) is 5.42. The Kier molecular flexibility index (Phi) is 7.17. The number of aromatic amines is 1. The Hall–Kier alpha value is -4.91. The summed E-state index contributed by atoms with van der Waals surface area (Å²) in [6.45, 7) is 4.96. The van der Waals surface area contributed by atoms with Gasteiger partial charge >= 0.3 is 0 Å². The van der Waals surface area contributed by atoms with E-state index in [4.69, 9.17) is 15.2 Å². The lowest BCUT2D eigenvalue weighted by Gasteiger charge is -2.36. The highest BCUT2D eigenvalue weighted by Gasteiger charge is 2.24. The van der Waals surface area contributed by atoms with Gasteiger partial charge in [-0.05, 0) is 30.3 Å². The van der Waals surface area contributed by atoms with Crippen LogP contribution in [0.1, 0.15) is 23.0 Å². The normalized spacial score (nSPS) is 13.3. The zero-order chi connectivity index (χ0) is 26.5. The van der Waals surface area contributed by atoms with Gasteiger partial charge in [0.05, 0.1) is 17.0 Å². The van der Waals surface area contributed by atoms with Crippen molar-refractivity contribution in [3.05, 3.63) is 71.9 Å². The number of anilines is 2. The number of rotatable bonds is 7. The van der Waals surface area contributed by atoms with Gasteiger partial charge in [-0.3, -0.25) is 9.59 Å². The summed E-state index contributed by atoms with van der Waals surface area (Å²) in [7, 11) is 0. The maximum Gasteiger partial charge on any atom is 0.270 e. The number of H-pyrrole nitrogens is 1. The van der Waals surface area contributed by atoms with Crippen LogP contribution in [0.2, 0.25) is 0 Å². The van der Waals surface area contributed by atoms with Gasteiger partial charge in [0.25, 0.3) is 5.91 Å². The van der Waals surface area contributed by atoms with Crippen LogP contribution in [-0.4, -0.2) is 70.9 Å². The van der Waals surface area contributed by atoms with Crippen molar-refractivity contribution in [1.82, 2.24) is 25.2 Å². The monoisotopic (exact) mass is 508 g/mol. The van der Waals surface area contributed by atoms with Gasteiger partial charge in [-0.15, -0.1) is 0 Å². The van der Waals surface area contributed by atoms with Crippen LogP contribution in [0.3, 0.4) is 0 Å². The van der Waals surface area contributed by atoms with Crippen molar-refractivity contribution in [2.75, 3.05) is 49.5 Å². The number of hydrogen-bond acceptors (Lipinski definition) is 7. The maximum atomic E-state index is 13.4. The average molecular weight is 509 g/mol. The first-order valence-corrected chi connectivity index (χ1v) is 12.5. The highest BCUT2D eigenvalue weighted by molar-refractivity contribution is 6.00. The number of benzene rings is 2. The summed E-state index contributed by atoms with van der Waals surface area (Å²) in [5, 5.41) is 15.8. The summed E-state index contributed by atoms with van der Waals surface area (Å²) in [6, 6.07) is 21.1. The number of amides is 2. The van der Waals surface area contributed by atoms with E-state index in [9.17, 15) is 9.59 Å². The topological polar surface area (TPSA) is 130 Å². The third-order valence-electron chi connectivity index (χ3n) is 6.47. The van der Waals surface area contributed by atoms with E-state index in [1.165, 1.54) is 6.92 Å². The largest absolute Gasteiger partial charge is 0.368 e. The maximum absolute atomic E-state index is 13.4. The molecule has 1 fully saturated rings. The Morgan fingerprint density at radius 3 is 2.42 bits per heavy atom. The van der Waals surface area contributed by atoms with Crippen molar-refractivity contribution >= 4 is 34.4 Å². The van der Waals surface area contributed by atoms with E-state index in [1.54, 1.807) is 6.07 Å². The standard InChI is InChI=1S/C28H28N8O2/c1-19(37)30-11-12-31-26-23-17-24(32-27(23)34-25(33-26)21-5-3-2-4-6-21)28(38)36-15-13-35(14-16-36)22-9-7-20(18-29)8-10-22/h2-10,17H,11-16H2,1H3,(H,30,37)(H2,31,32,33,34). The summed E-state index contributed by atoms with van der Waals surface area (Å²) in [4.78, 5) is 41.3. The number of carbonyl (C=O) groups is 2. The van der Waals surface area contributed by atoms with Crippen molar-refractivity contribution < 1.29 is 9.59 Å². The Morgan fingerprint density at radius 1 is 1.00 bits per heavy atom. The first-order valence-electron chi connectivity index (χ1n) is 12.5. The van der Waals surface area contributed by atoms with Crippen LogP contribution < -0.4 is 15.5 Å². The molecule has 2 amide bonds. The number of carbonyl (C=O) groups excluding carboxylic acids is 2. The molecule has 0 radical (unpaired) electrons. The summed E-state index contributed by atoms with van der Waals surface area (Å²) in [6.07, 6.45) is 0. The fourth-order valence-electron chi connectivity index (χ4n) is 4.48. The second kappa shape index (κ2) is 11.0. The summed E-state index contributed by atoms with van der Waals surface area (Å²) >= 11 is 0. The molecule has 1 aliphatic rings. The van der Waals surface area contributed by atoms with Crippen molar-refractivity contribution in [1.29, 1.82) is 5.26 Å². The number of hydrogen-bond donors (Lipinski definition) is 3. The number of aromatic nitrogens is 3. The molecule has 1 aliphatic heterocycles. The van der Waals surface area contributed by atoms with Crippen LogP contribution in [0.4, 0.5) is 11.5 Å². The molecule has 0 bridgehead atoms. The Bertz CT molecular complexity index is 1480. The molecule has 3 N–H and O–H groups in total. The molecule has 1 saturated heterocycles. The van der Waals surface area contributed by atoms with Crippen LogP contribution >= 0.6 is 0 Å². The second-order valence-electron chi connectivity index (χ2n) is 9.05. The number of nitrogens with one attached hydrogen (secondary N) is 3. The van der Waals surface area contributed by atoms with Crippen LogP contribution in [0.15, 0.2) is 60.7 Å². The van der Waals surface area contributed by atoms with Gasteiger partial charge in [-0.2, -0.15) is 5.26 Å². The van der Waals surface area contributed by atoms with E-state index in [1.807, 2.05) is 59.5 Å². The number of nitriles is 1. The number of piperazine rings is 1. The molecule has 192 valence electrons. The zero-order valence-electron chi connectivity index (χ0n) is 21.1. The molecular weight excluding hydrogens is 480 g/mol. The minimum Gasteiger partial charge on any atom is -0.368 e. The van der Waals surface area contributed by atoms with Crippen molar-refractivity contribution in [3.8, 4) is 17.5 Å². The van der Waals surface area contributed by atoms with Crippen LogP contribution in [0.25, 0.3) is 22.4 Å². The van der Waals surface area contributed by atoms with Gasteiger partial charge in [0, 0.05) is 57.4 Å². The van der Waals surface area contributed by atoms with Crippen LogP contribution in [-0.2, 0) is 4.79 Å². The molecule has 0 aliphatic carbocycles. The summed E-state index contributed by atoms with van der Waals surface area (Å²) in [5.41, 5.74) is 3.56. The lowest BCUT2D eigenvalue weighted by atomic mass is 10.2. The molecular formula is C28H28N8O2. The van der Waals surface area contributed by atoms with Gasteiger partial charge in [0.2, 0.25) is 5.91 Å². The van der Waals surface area contributed by atoms with E-state index in [2.05, 4.69) is 26.6 Å². The average Bonchev–Trinajstić information content (AvgIpc) is 3.40. The smallest absolute Gasteiger partial charge is 0.270 e. The predicted octanol–water partition coefficient (Wildman–Crippen LogP) is 3.01. The molecule has 0 spiro atoms. The highest BCUT2D eigenvalue weighted by Crippen LogP contribution is 2.26. The molecule has 2 aromatic heterocycles. The molecule has 0 saturated carbocycles. The van der Waals surface area contributed by atoms with Gasteiger partial charge < -0.3 is 25.4 Å². The fourth-order valence-corrected chi connectivity index (χ4v) is 4.48. The Labute approximate surface area is 220 Å². The minimum atomic E-state index is -0.0987. The van der Waals surface area contributed by atoms with Gasteiger partial charge in [-0.1, -0.05) is 30.3 Å². The molecule has 3 heterocycles. The quantitative estimate of drug-likeness (QED) is 0.327. The molecule has 38 heavy (non-hydrogen) atoms. The van der Waals surface area contributed by atoms with Crippen molar-refractivity contribution in [2.24, 2.45) is 0 Å². The SMILES string of the molecule is CC(=O)NCCNc1nc(-c2ccccc2)nc2[nH]c(C(=O)N3CCN(c4ccc(C#N)cc4)CC3)cc12. The highest BCUT2D eigenvalue weighted by atomic mass is 16.2. The van der Waals surface area contributed by atoms with E-state index in [-0.39, 0.29) is 11.8 Å².